The highest BCUT2D eigenvalue weighted by Crippen LogP contribution is 2.33. The Balaban J connectivity index is 1.74. The third-order valence-electron chi connectivity index (χ3n) is 4.02. The lowest BCUT2D eigenvalue weighted by Gasteiger charge is -2.17. The van der Waals surface area contributed by atoms with Gasteiger partial charge in [0, 0.05) is 14.8 Å². The second-order valence-electron chi connectivity index (χ2n) is 6.32. The number of halogens is 2. The van der Waals surface area contributed by atoms with E-state index >= 15 is 0 Å². The smallest absolute Gasteiger partial charge is 0.242 e. The van der Waals surface area contributed by atoms with Crippen molar-refractivity contribution in [2.24, 2.45) is 0 Å². The molecule has 0 bridgehead atoms. The first-order valence-corrected chi connectivity index (χ1v) is 11.9. The van der Waals surface area contributed by atoms with Crippen molar-refractivity contribution in [3.63, 3.8) is 0 Å². The number of carbonyl (C=O) groups is 1. The minimum atomic E-state index is -4.04. The van der Waals surface area contributed by atoms with Gasteiger partial charge in [-0.2, -0.15) is 4.72 Å². The van der Waals surface area contributed by atoms with Gasteiger partial charge in [-0.25, -0.2) is 8.42 Å². The SMILES string of the molecule is CC(NS(=O)(=O)c1cc(Cl)ccc1Cl)C(=O)Nc1ccccc1Sc1ccccc1. The third kappa shape index (κ3) is 5.77. The lowest BCUT2D eigenvalue weighted by molar-refractivity contribution is -0.117. The molecule has 2 N–H and O–H groups in total. The summed E-state index contributed by atoms with van der Waals surface area (Å²) >= 11 is 13.4. The van der Waals surface area contributed by atoms with E-state index in [1.165, 1.54) is 36.9 Å². The zero-order chi connectivity index (χ0) is 21.7. The van der Waals surface area contributed by atoms with E-state index in [0.29, 0.717) is 5.69 Å². The molecule has 9 heteroatoms. The van der Waals surface area contributed by atoms with Gasteiger partial charge in [0.2, 0.25) is 15.9 Å². The zero-order valence-electron chi connectivity index (χ0n) is 15.8. The Labute approximate surface area is 189 Å². The number of carbonyl (C=O) groups excluding carboxylic acids is 1. The molecule has 0 fully saturated rings. The van der Waals surface area contributed by atoms with Crippen molar-refractivity contribution in [1.82, 2.24) is 4.72 Å². The van der Waals surface area contributed by atoms with Crippen LogP contribution in [0.5, 0.6) is 0 Å². The fourth-order valence-corrected chi connectivity index (χ4v) is 5.44. The fourth-order valence-electron chi connectivity index (χ4n) is 2.55. The van der Waals surface area contributed by atoms with Crippen molar-refractivity contribution >= 4 is 56.6 Å². The van der Waals surface area contributed by atoms with E-state index in [-0.39, 0.29) is 14.9 Å². The molecule has 30 heavy (non-hydrogen) atoms. The number of hydrogen-bond acceptors (Lipinski definition) is 4. The van der Waals surface area contributed by atoms with Crippen LogP contribution in [-0.4, -0.2) is 20.4 Å². The van der Waals surface area contributed by atoms with E-state index in [1.54, 1.807) is 12.1 Å². The summed E-state index contributed by atoms with van der Waals surface area (Å²) in [5.74, 6) is -0.502. The number of amides is 1. The van der Waals surface area contributed by atoms with Gasteiger partial charge in [-0.15, -0.1) is 0 Å². The van der Waals surface area contributed by atoms with E-state index in [1.807, 2.05) is 42.5 Å². The first kappa shape index (κ1) is 22.7. The first-order valence-electron chi connectivity index (χ1n) is 8.86. The van der Waals surface area contributed by atoms with E-state index in [2.05, 4.69) is 10.0 Å². The summed E-state index contributed by atoms with van der Waals surface area (Å²) in [5.41, 5.74) is 0.586. The molecule has 1 amide bonds. The van der Waals surface area contributed by atoms with Gasteiger partial charge in [-0.1, -0.05) is 65.3 Å². The predicted octanol–water partition coefficient (Wildman–Crippen LogP) is 5.45. The fraction of sp³-hybridized carbons (Fsp3) is 0.0952. The molecule has 0 heterocycles. The maximum atomic E-state index is 12.7. The lowest BCUT2D eigenvalue weighted by Crippen LogP contribution is -2.41. The Hall–Kier alpha value is -2.03. The highest BCUT2D eigenvalue weighted by atomic mass is 35.5. The summed E-state index contributed by atoms with van der Waals surface area (Å²) in [4.78, 5) is 14.3. The van der Waals surface area contributed by atoms with E-state index in [9.17, 15) is 13.2 Å². The molecule has 0 aliphatic rings. The van der Waals surface area contributed by atoms with Gasteiger partial charge in [0.15, 0.2) is 0 Å². The first-order chi connectivity index (χ1) is 14.3. The second-order valence-corrected chi connectivity index (χ2v) is 9.96. The molecule has 0 radical (unpaired) electrons. The van der Waals surface area contributed by atoms with Crippen LogP contribution in [0.3, 0.4) is 0 Å². The Morgan fingerprint density at radius 1 is 0.967 bits per heavy atom. The molecule has 0 aromatic heterocycles. The standard InChI is InChI=1S/C21H18Cl2N2O3S2/c1-14(25-30(27,28)20-13-15(22)11-12-17(20)23)21(26)24-18-9-5-6-10-19(18)29-16-7-3-2-4-8-16/h2-14,25H,1H3,(H,24,26). The Morgan fingerprint density at radius 2 is 1.63 bits per heavy atom. The molecular weight excluding hydrogens is 463 g/mol. The molecule has 1 unspecified atom stereocenters. The maximum Gasteiger partial charge on any atom is 0.242 e. The maximum absolute atomic E-state index is 12.7. The number of anilines is 1. The molecule has 156 valence electrons. The molecule has 1 atom stereocenters. The molecule has 0 aliphatic carbocycles. The number of para-hydroxylation sites is 1. The summed E-state index contributed by atoms with van der Waals surface area (Å²) < 4.78 is 27.6. The zero-order valence-corrected chi connectivity index (χ0v) is 18.9. The van der Waals surface area contributed by atoms with Gasteiger partial charge in [0.1, 0.15) is 4.90 Å². The molecule has 0 saturated heterocycles. The van der Waals surface area contributed by atoms with E-state index < -0.39 is 22.0 Å². The molecular formula is C21H18Cl2N2O3S2. The van der Waals surface area contributed by atoms with Crippen LogP contribution < -0.4 is 10.0 Å². The molecule has 5 nitrogen and oxygen atoms in total. The quantitative estimate of drug-likeness (QED) is 0.471. The number of benzene rings is 3. The Kier molecular flexibility index (Phi) is 7.44. The van der Waals surface area contributed by atoms with Crippen molar-refractivity contribution in [2.45, 2.75) is 27.7 Å². The van der Waals surface area contributed by atoms with Crippen LogP contribution in [0.15, 0.2) is 87.5 Å². The monoisotopic (exact) mass is 480 g/mol. The topological polar surface area (TPSA) is 75.3 Å². The van der Waals surface area contributed by atoms with Gasteiger partial charge in [0.25, 0.3) is 0 Å². The molecule has 3 aromatic carbocycles. The van der Waals surface area contributed by atoms with Crippen LogP contribution in [0.2, 0.25) is 10.0 Å². The largest absolute Gasteiger partial charge is 0.324 e. The number of sulfonamides is 1. The van der Waals surface area contributed by atoms with Gasteiger partial charge in [0.05, 0.1) is 16.8 Å². The van der Waals surface area contributed by atoms with Crippen LogP contribution in [-0.2, 0) is 14.8 Å². The van der Waals surface area contributed by atoms with Crippen molar-refractivity contribution in [3.8, 4) is 0 Å². The Morgan fingerprint density at radius 3 is 2.37 bits per heavy atom. The lowest BCUT2D eigenvalue weighted by atomic mass is 10.3. The predicted molar refractivity (Wildman–Crippen MR) is 122 cm³/mol. The summed E-state index contributed by atoms with van der Waals surface area (Å²) in [6.07, 6.45) is 0. The van der Waals surface area contributed by atoms with Gasteiger partial charge in [-0.3, -0.25) is 4.79 Å². The molecule has 3 aromatic rings. The van der Waals surface area contributed by atoms with Crippen molar-refractivity contribution < 1.29 is 13.2 Å². The molecule has 0 spiro atoms. The van der Waals surface area contributed by atoms with Gasteiger partial charge >= 0.3 is 0 Å². The van der Waals surface area contributed by atoms with Crippen LogP contribution in [0.4, 0.5) is 5.69 Å². The van der Waals surface area contributed by atoms with Gasteiger partial charge in [-0.05, 0) is 49.4 Å². The Bertz CT molecular complexity index is 1160. The highest BCUT2D eigenvalue weighted by molar-refractivity contribution is 7.99. The average Bonchev–Trinajstić information content (AvgIpc) is 2.71. The number of hydrogen-bond donors (Lipinski definition) is 2. The summed E-state index contributed by atoms with van der Waals surface area (Å²) in [7, 11) is -4.04. The summed E-state index contributed by atoms with van der Waals surface area (Å²) in [5, 5.41) is 3.03. The third-order valence-corrected chi connectivity index (χ3v) is 7.37. The average molecular weight is 481 g/mol. The van der Waals surface area contributed by atoms with E-state index in [0.717, 1.165) is 9.79 Å². The molecule has 3 rings (SSSR count). The van der Waals surface area contributed by atoms with Crippen molar-refractivity contribution in [2.75, 3.05) is 5.32 Å². The van der Waals surface area contributed by atoms with E-state index in [4.69, 9.17) is 23.2 Å². The molecule has 0 saturated carbocycles. The van der Waals surface area contributed by atoms with Crippen molar-refractivity contribution in [1.29, 1.82) is 0 Å². The van der Waals surface area contributed by atoms with Crippen LogP contribution in [0, 0.1) is 0 Å². The van der Waals surface area contributed by atoms with Crippen LogP contribution in [0.25, 0.3) is 0 Å². The highest BCUT2D eigenvalue weighted by Gasteiger charge is 2.25. The van der Waals surface area contributed by atoms with Crippen molar-refractivity contribution in [3.05, 3.63) is 82.8 Å². The molecule has 0 aliphatic heterocycles. The number of rotatable bonds is 7. The summed E-state index contributed by atoms with van der Waals surface area (Å²) in [6, 6.07) is 20.1. The van der Waals surface area contributed by atoms with Crippen LogP contribution >= 0.6 is 35.0 Å². The number of nitrogens with one attached hydrogen (secondary N) is 2. The normalized spacial score (nSPS) is 12.4. The second kappa shape index (κ2) is 9.85. The minimum absolute atomic E-state index is 0.0177. The van der Waals surface area contributed by atoms with Gasteiger partial charge < -0.3 is 5.32 Å². The minimum Gasteiger partial charge on any atom is -0.324 e. The van der Waals surface area contributed by atoms with Crippen LogP contribution in [0.1, 0.15) is 6.92 Å². The summed E-state index contributed by atoms with van der Waals surface area (Å²) in [6.45, 7) is 1.46.